The minimum atomic E-state index is 0.344. The Kier molecular flexibility index (Phi) is 10.0. The van der Waals surface area contributed by atoms with E-state index in [9.17, 15) is 0 Å². The number of hydrogen-bond donors (Lipinski definition) is 2. The van der Waals surface area contributed by atoms with Gasteiger partial charge in [-0.3, -0.25) is 0 Å². The standard InChI is InChI=1S/C53H56N4O/c1-2-35-11-7-9-18-49-44(28-35)45-30-39(34-55)13-4-3-5-17-48(45)56(49)40-21-25-52-46(31-40)47-32-41(22-26-53(47)58-52)57-50-24-20-37(33-54)12-6-8-16-42(50)43-29-38-15-10-14-36(27-38)19-23-51(43)57/h5,8-9,16-26,28-32,36-37H,2-4,6-7,10-15,27,33-34,54-55H2,1H3/b16-8+,17-5-,18-9-,23-19-,24-20-,35-28+,38-29-,39-30-. The van der Waals surface area contributed by atoms with E-state index in [2.05, 4.69) is 131 Å². The first-order chi connectivity index (χ1) is 28.6. The third kappa shape index (κ3) is 6.68. The lowest BCUT2D eigenvalue weighted by Crippen LogP contribution is -2.11. The molecule has 2 aromatic carbocycles. The van der Waals surface area contributed by atoms with E-state index in [1.807, 2.05) is 0 Å². The van der Waals surface area contributed by atoms with Crippen LogP contribution < -0.4 is 11.5 Å². The maximum atomic E-state index is 6.62. The van der Waals surface area contributed by atoms with Crippen molar-refractivity contribution in [3.8, 4) is 11.4 Å². The van der Waals surface area contributed by atoms with Gasteiger partial charge in [-0.05, 0) is 156 Å². The van der Waals surface area contributed by atoms with Gasteiger partial charge in [-0.15, -0.1) is 0 Å². The second-order valence-corrected chi connectivity index (χ2v) is 17.1. The SMILES string of the molecule is CC/C1=C\c2c3c(n(-c4ccc5oc6ccc(-n7c8c(c9c7/C=C\C(CN)CC/C=C/9)/C=C7/CCCC(/C=C\8)C7)cc6c5c4)c2/C=C\CC1)/C=C\CCC/C(CN)=C/3. The number of furan rings is 1. The fraction of sp³-hybridized carbons (Fsp3) is 0.321. The molecule has 1 saturated carbocycles. The molecule has 10 rings (SSSR count). The summed E-state index contributed by atoms with van der Waals surface area (Å²) in [5, 5.41) is 2.24. The summed E-state index contributed by atoms with van der Waals surface area (Å²) in [7, 11) is 0. The Balaban J connectivity index is 1.19. The minimum Gasteiger partial charge on any atom is -0.456 e. The lowest BCUT2D eigenvalue weighted by atomic mass is 9.82. The van der Waals surface area contributed by atoms with Crippen LogP contribution in [0.2, 0.25) is 0 Å². The molecule has 0 saturated heterocycles. The summed E-state index contributed by atoms with van der Waals surface area (Å²) < 4.78 is 11.6. The zero-order valence-corrected chi connectivity index (χ0v) is 34.0. The maximum Gasteiger partial charge on any atom is 0.135 e. The van der Waals surface area contributed by atoms with Crippen LogP contribution in [0.25, 0.3) is 81.9 Å². The molecule has 0 aliphatic heterocycles. The molecule has 0 radical (unpaired) electrons. The van der Waals surface area contributed by atoms with Crippen LogP contribution in [0.4, 0.5) is 0 Å². The van der Waals surface area contributed by atoms with Gasteiger partial charge in [-0.1, -0.05) is 78.3 Å². The van der Waals surface area contributed by atoms with Gasteiger partial charge in [0.25, 0.3) is 0 Å². The van der Waals surface area contributed by atoms with Gasteiger partial charge < -0.3 is 25.0 Å². The first-order valence-corrected chi connectivity index (χ1v) is 22.0. The molecule has 1 fully saturated rings. The summed E-state index contributed by atoms with van der Waals surface area (Å²) in [5.41, 5.74) is 31.2. The van der Waals surface area contributed by atoms with Crippen LogP contribution >= 0.6 is 0 Å². The van der Waals surface area contributed by atoms with Crippen molar-refractivity contribution in [2.75, 3.05) is 13.1 Å². The molecule has 3 heterocycles. The Morgan fingerprint density at radius 1 is 0.621 bits per heavy atom. The molecule has 58 heavy (non-hydrogen) atoms. The van der Waals surface area contributed by atoms with Crippen molar-refractivity contribution in [3.05, 3.63) is 129 Å². The summed E-state index contributed by atoms with van der Waals surface area (Å²) in [5.74, 6) is 0.938. The quantitative estimate of drug-likeness (QED) is 0.187. The van der Waals surface area contributed by atoms with E-state index in [-0.39, 0.29) is 0 Å². The highest BCUT2D eigenvalue weighted by Gasteiger charge is 2.26. The number of nitrogens with two attached hydrogens (primary N) is 2. The molecular weight excluding hydrogens is 709 g/mol. The van der Waals surface area contributed by atoms with Gasteiger partial charge in [-0.2, -0.15) is 0 Å². The molecule has 0 spiro atoms. The Morgan fingerprint density at radius 2 is 1.28 bits per heavy atom. The second kappa shape index (κ2) is 15.8. The van der Waals surface area contributed by atoms with Gasteiger partial charge in [0, 0.05) is 50.9 Å². The van der Waals surface area contributed by atoms with E-state index in [0.29, 0.717) is 24.9 Å². The van der Waals surface area contributed by atoms with Gasteiger partial charge in [0.15, 0.2) is 0 Å². The maximum absolute atomic E-state index is 6.62. The number of rotatable bonds is 5. The molecule has 2 bridgehead atoms. The van der Waals surface area contributed by atoms with Crippen LogP contribution in [0.1, 0.15) is 129 Å². The molecular formula is C53H56N4O. The van der Waals surface area contributed by atoms with Crippen LogP contribution in [-0.4, -0.2) is 22.2 Å². The molecule has 2 atom stereocenters. The van der Waals surface area contributed by atoms with E-state index in [4.69, 9.17) is 15.9 Å². The minimum absolute atomic E-state index is 0.344. The largest absolute Gasteiger partial charge is 0.456 e. The first-order valence-electron chi connectivity index (χ1n) is 22.0. The zero-order chi connectivity index (χ0) is 39.2. The average Bonchev–Trinajstić information content (AvgIpc) is 3.87. The van der Waals surface area contributed by atoms with Gasteiger partial charge in [0.05, 0.1) is 22.8 Å². The van der Waals surface area contributed by atoms with E-state index in [0.717, 1.165) is 84.7 Å². The molecule has 5 aliphatic rings. The highest BCUT2D eigenvalue weighted by atomic mass is 16.3. The molecule has 5 aromatic rings. The Morgan fingerprint density at radius 3 is 2.00 bits per heavy atom. The predicted molar refractivity (Wildman–Crippen MR) is 248 cm³/mol. The number of benzene rings is 2. The van der Waals surface area contributed by atoms with E-state index < -0.39 is 0 Å². The van der Waals surface area contributed by atoms with Crippen molar-refractivity contribution in [1.29, 1.82) is 0 Å². The van der Waals surface area contributed by atoms with Crippen molar-refractivity contribution in [2.45, 2.75) is 84.0 Å². The van der Waals surface area contributed by atoms with Gasteiger partial charge in [-0.25, -0.2) is 0 Å². The summed E-state index contributed by atoms with van der Waals surface area (Å²) in [4.78, 5) is 0. The fourth-order valence-corrected chi connectivity index (χ4v) is 10.2. The van der Waals surface area contributed by atoms with Crippen LogP contribution in [0, 0.1) is 11.8 Å². The average molecular weight is 765 g/mol. The molecule has 3 aromatic heterocycles. The number of fused-ring (bicyclic) bond motifs is 11. The first kappa shape index (κ1) is 36.9. The van der Waals surface area contributed by atoms with Crippen molar-refractivity contribution in [1.82, 2.24) is 9.13 Å². The molecule has 5 heteroatoms. The predicted octanol–water partition coefficient (Wildman–Crippen LogP) is 13.3. The normalized spacial score (nSPS) is 25.9. The third-order valence-corrected chi connectivity index (χ3v) is 13.4. The lowest BCUT2D eigenvalue weighted by Gasteiger charge is -2.23. The number of allylic oxidation sites excluding steroid dienone is 6. The molecule has 5 aliphatic carbocycles. The number of nitrogens with zero attached hydrogens (tertiary/aromatic N) is 2. The Hall–Kier alpha value is -5.36. The van der Waals surface area contributed by atoms with Crippen molar-refractivity contribution in [2.24, 2.45) is 23.3 Å². The van der Waals surface area contributed by atoms with Crippen molar-refractivity contribution in [3.63, 3.8) is 0 Å². The Bertz CT molecular complexity index is 2670. The fourth-order valence-electron chi connectivity index (χ4n) is 10.2. The van der Waals surface area contributed by atoms with E-state index in [1.165, 1.54) is 81.9 Å². The summed E-state index contributed by atoms with van der Waals surface area (Å²) in [6.45, 7) is 3.52. The highest BCUT2D eigenvalue weighted by molar-refractivity contribution is 6.06. The number of aromatic nitrogens is 2. The molecule has 5 nitrogen and oxygen atoms in total. The second-order valence-electron chi connectivity index (χ2n) is 17.1. The van der Waals surface area contributed by atoms with E-state index in [1.54, 1.807) is 5.57 Å². The molecule has 2 unspecified atom stereocenters. The lowest BCUT2D eigenvalue weighted by molar-refractivity contribution is 0.498. The monoisotopic (exact) mass is 764 g/mol. The van der Waals surface area contributed by atoms with Crippen LogP contribution in [-0.2, 0) is 0 Å². The summed E-state index contributed by atoms with van der Waals surface area (Å²) in [6, 6.07) is 13.5. The Labute approximate surface area is 343 Å². The summed E-state index contributed by atoms with van der Waals surface area (Å²) in [6.07, 6.45) is 44.4. The summed E-state index contributed by atoms with van der Waals surface area (Å²) >= 11 is 0. The van der Waals surface area contributed by atoms with Gasteiger partial charge in [0.1, 0.15) is 11.2 Å². The smallest absolute Gasteiger partial charge is 0.135 e. The zero-order valence-electron chi connectivity index (χ0n) is 34.0. The number of hydrogen-bond acceptors (Lipinski definition) is 3. The molecule has 4 N–H and O–H groups in total. The van der Waals surface area contributed by atoms with Gasteiger partial charge in [0.2, 0.25) is 0 Å². The van der Waals surface area contributed by atoms with Gasteiger partial charge >= 0.3 is 0 Å². The molecule has 294 valence electrons. The van der Waals surface area contributed by atoms with Crippen molar-refractivity contribution >= 4 is 70.5 Å². The van der Waals surface area contributed by atoms with Crippen LogP contribution in [0.5, 0.6) is 0 Å². The highest BCUT2D eigenvalue weighted by Crippen LogP contribution is 2.42. The topological polar surface area (TPSA) is 75.0 Å². The third-order valence-electron chi connectivity index (χ3n) is 13.4. The van der Waals surface area contributed by atoms with E-state index >= 15 is 0 Å². The van der Waals surface area contributed by atoms with Crippen molar-refractivity contribution < 1.29 is 4.42 Å². The van der Waals surface area contributed by atoms with Crippen LogP contribution in [0.3, 0.4) is 0 Å². The van der Waals surface area contributed by atoms with Crippen LogP contribution in [0.15, 0.2) is 87.9 Å². The molecule has 0 amide bonds.